The average molecular weight is 477 g/mol. The molecular weight excluding hydrogens is 455 g/mol. The van der Waals surface area contributed by atoms with Crippen LogP contribution in [0.3, 0.4) is 0 Å². The van der Waals surface area contributed by atoms with Gasteiger partial charge in [-0.2, -0.15) is 0 Å². The van der Waals surface area contributed by atoms with E-state index in [9.17, 15) is 13.2 Å². The summed E-state index contributed by atoms with van der Waals surface area (Å²) in [5.41, 5.74) is 2.31. The molecule has 5 nitrogen and oxygen atoms in total. The number of benzene rings is 3. The minimum Gasteiger partial charge on any atom is -0.322 e. The van der Waals surface area contributed by atoms with Gasteiger partial charge in [0.05, 0.1) is 20.6 Å². The number of halogens is 2. The van der Waals surface area contributed by atoms with Crippen molar-refractivity contribution in [2.75, 3.05) is 10.0 Å². The molecule has 0 fully saturated rings. The lowest BCUT2D eigenvalue weighted by Crippen LogP contribution is -2.15. The number of carbonyl (C=O) groups is 1. The molecule has 0 radical (unpaired) electrons. The van der Waals surface area contributed by atoms with Crippen LogP contribution in [0.4, 0.5) is 11.4 Å². The third kappa shape index (κ3) is 5.58. The molecule has 0 unspecified atom stereocenters. The number of amides is 1. The highest BCUT2D eigenvalue weighted by atomic mass is 35.5. The standard InChI is InChI=1S/C23H22Cl2N2O3S/c1-23(2,3)16-9-7-15(8-10-16)22(28)26-17-11-13-18(14-12-17)31(29,30)27-20-6-4-5-19(24)21(20)25/h4-14,27H,1-3H3,(H,26,28). The van der Waals surface area contributed by atoms with Gasteiger partial charge in [0.2, 0.25) is 0 Å². The Kier molecular flexibility index (Phi) is 6.65. The van der Waals surface area contributed by atoms with Crippen LogP contribution in [0.15, 0.2) is 71.6 Å². The predicted octanol–water partition coefficient (Wildman–Crippen LogP) is 6.34. The lowest BCUT2D eigenvalue weighted by atomic mass is 9.87. The first-order chi connectivity index (χ1) is 14.5. The van der Waals surface area contributed by atoms with Crippen molar-refractivity contribution in [3.8, 4) is 0 Å². The Balaban J connectivity index is 1.72. The Bertz CT molecular complexity index is 1200. The normalized spacial score (nSPS) is 11.8. The van der Waals surface area contributed by atoms with Gasteiger partial charge < -0.3 is 5.32 Å². The molecule has 0 atom stereocenters. The number of hydrogen-bond acceptors (Lipinski definition) is 3. The highest BCUT2D eigenvalue weighted by Crippen LogP contribution is 2.31. The quantitative estimate of drug-likeness (QED) is 0.450. The van der Waals surface area contributed by atoms with Gasteiger partial charge in [-0.3, -0.25) is 9.52 Å². The van der Waals surface area contributed by atoms with Crippen LogP contribution in [0.25, 0.3) is 0 Å². The van der Waals surface area contributed by atoms with E-state index in [-0.39, 0.29) is 32.0 Å². The molecule has 0 saturated carbocycles. The van der Waals surface area contributed by atoms with E-state index < -0.39 is 10.0 Å². The number of sulfonamides is 1. The largest absolute Gasteiger partial charge is 0.322 e. The first-order valence-electron chi connectivity index (χ1n) is 9.46. The molecule has 3 aromatic carbocycles. The third-order valence-corrected chi connectivity index (χ3v) is 6.83. The molecule has 8 heteroatoms. The molecule has 0 aliphatic heterocycles. The summed E-state index contributed by atoms with van der Waals surface area (Å²) in [4.78, 5) is 12.5. The van der Waals surface area contributed by atoms with Crippen molar-refractivity contribution < 1.29 is 13.2 Å². The average Bonchev–Trinajstić information content (AvgIpc) is 2.71. The zero-order valence-electron chi connectivity index (χ0n) is 17.2. The molecule has 0 spiro atoms. The van der Waals surface area contributed by atoms with Crippen molar-refractivity contribution in [3.05, 3.63) is 87.9 Å². The Labute approximate surface area is 192 Å². The van der Waals surface area contributed by atoms with Gasteiger partial charge in [-0.15, -0.1) is 0 Å². The first kappa shape index (κ1) is 23.1. The fraction of sp³-hybridized carbons (Fsp3) is 0.174. The van der Waals surface area contributed by atoms with Crippen LogP contribution in [0, 0.1) is 0 Å². The predicted molar refractivity (Wildman–Crippen MR) is 127 cm³/mol. The summed E-state index contributed by atoms with van der Waals surface area (Å²) < 4.78 is 27.7. The van der Waals surface area contributed by atoms with Gasteiger partial charge in [0, 0.05) is 11.3 Å². The third-order valence-electron chi connectivity index (χ3n) is 4.63. The molecule has 0 aliphatic rings. The minimum absolute atomic E-state index is 0.000322. The fourth-order valence-electron chi connectivity index (χ4n) is 2.83. The molecule has 3 rings (SSSR count). The summed E-state index contributed by atoms with van der Waals surface area (Å²) in [6.07, 6.45) is 0. The summed E-state index contributed by atoms with van der Waals surface area (Å²) in [6.45, 7) is 6.31. The maximum Gasteiger partial charge on any atom is 0.261 e. The molecule has 162 valence electrons. The van der Waals surface area contributed by atoms with Gasteiger partial charge in [0.15, 0.2) is 0 Å². The van der Waals surface area contributed by atoms with Gasteiger partial charge in [-0.05, 0) is 59.5 Å². The molecule has 3 aromatic rings. The van der Waals surface area contributed by atoms with Gasteiger partial charge in [-0.1, -0.05) is 62.2 Å². The summed E-state index contributed by atoms with van der Waals surface area (Å²) in [7, 11) is -3.87. The van der Waals surface area contributed by atoms with Crippen LogP contribution in [0.1, 0.15) is 36.7 Å². The molecule has 0 heterocycles. The van der Waals surface area contributed by atoms with E-state index in [1.165, 1.54) is 30.3 Å². The molecule has 1 amide bonds. The molecule has 2 N–H and O–H groups in total. The SMILES string of the molecule is CC(C)(C)c1ccc(C(=O)Nc2ccc(S(=O)(=O)Nc3cccc(Cl)c3Cl)cc2)cc1. The summed E-state index contributed by atoms with van der Waals surface area (Å²) in [5.74, 6) is -0.278. The minimum atomic E-state index is -3.87. The number of nitrogens with one attached hydrogen (secondary N) is 2. The summed E-state index contributed by atoms with van der Waals surface area (Å²) in [5, 5.41) is 3.13. The maximum atomic E-state index is 12.6. The Morgan fingerprint density at radius 3 is 2.06 bits per heavy atom. The van der Waals surface area contributed by atoms with E-state index in [2.05, 4.69) is 30.8 Å². The van der Waals surface area contributed by atoms with Crippen molar-refractivity contribution in [2.24, 2.45) is 0 Å². The van der Waals surface area contributed by atoms with Gasteiger partial charge >= 0.3 is 0 Å². The summed E-state index contributed by atoms with van der Waals surface area (Å²) in [6, 6.07) is 17.9. The second kappa shape index (κ2) is 8.91. The lowest BCUT2D eigenvalue weighted by Gasteiger charge is -2.19. The zero-order chi connectivity index (χ0) is 22.8. The molecule has 0 aliphatic carbocycles. The van der Waals surface area contributed by atoms with Crippen molar-refractivity contribution in [1.82, 2.24) is 0 Å². The maximum absolute atomic E-state index is 12.6. The van der Waals surface area contributed by atoms with Crippen LogP contribution in [-0.4, -0.2) is 14.3 Å². The number of anilines is 2. The van der Waals surface area contributed by atoms with Crippen molar-refractivity contribution >= 4 is 50.5 Å². The van der Waals surface area contributed by atoms with Crippen LogP contribution in [0.2, 0.25) is 10.0 Å². The van der Waals surface area contributed by atoms with Crippen molar-refractivity contribution in [1.29, 1.82) is 0 Å². The highest BCUT2D eigenvalue weighted by molar-refractivity contribution is 7.92. The molecule has 0 bridgehead atoms. The van der Waals surface area contributed by atoms with Crippen molar-refractivity contribution in [3.63, 3.8) is 0 Å². The van der Waals surface area contributed by atoms with E-state index in [1.807, 2.05) is 12.1 Å². The number of rotatable bonds is 5. The summed E-state index contributed by atoms with van der Waals surface area (Å²) >= 11 is 12.0. The van der Waals surface area contributed by atoms with Crippen LogP contribution in [-0.2, 0) is 15.4 Å². The van der Waals surface area contributed by atoms with E-state index in [0.29, 0.717) is 11.3 Å². The number of hydrogen-bond donors (Lipinski definition) is 2. The molecule has 31 heavy (non-hydrogen) atoms. The number of carbonyl (C=O) groups excluding carboxylic acids is 1. The Hall–Kier alpha value is -2.54. The van der Waals surface area contributed by atoms with E-state index in [4.69, 9.17) is 23.2 Å². The highest BCUT2D eigenvalue weighted by Gasteiger charge is 2.18. The molecular formula is C23H22Cl2N2O3S. The Morgan fingerprint density at radius 2 is 1.48 bits per heavy atom. The molecule has 0 aromatic heterocycles. The van der Waals surface area contributed by atoms with E-state index in [0.717, 1.165) is 5.56 Å². The second-order valence-corrected chi connectivity index (χ2v) is 10.5. The monoisotopic (exact) mass is 476 g/mol. The smallest absolute Gasteiger partial charge is 0.261 e. The van der Waals surface area contributed by atoms with E-state index >= 15 is 0 Å². The van der Waals surface area contributed by atoms with E-state index in [1.54, 1.807) is 24.3 Å². The zero-order valence-corrected chi connectivity index (χ0v) is 19.6. The van der Waals surface area contributed by atoms with Crippen LogP contribution < -0.4 is 10.0 Å². The van der Waals surface area contributed by atoms with Gasteiger partial charge in [-0.25, -0.2) is 8.42 Å². The lowest BCUT2D eigenvalue weighted by molar-refractivity contribution is 0.102. The van der Waals surface area contributed by atoms with Crippen molar-refractivity contribution in [2.45, 2.75) is 31.1 Å². The second-order valence-electron chi connectivity index (χ2n) is 8.01. The van der Waals surface area contributed by atoms with Gasteiger partial charge in [0.1, 0.15) is 0 Å². The van der Waals surface area contributed by atoms with Crippen LogP contribution >= 0.6 is 23.2 Å². The fourth-order valence-corrected chi connectivity index (χ4v) is 4.30. The molecule has 0 saturated heterocycles. The van der Waals surface area contributed by atoms with Gasteiger partial charge in [0.25, 0.3) is 15.9 Å². The topological polar surface area (TPSA) is 75.3 Å². The Morgan fingerprint density at radius 1 is 0.871 bits per heavy atom. The van der Waals surface area contributed by atoms with Crippen LogP contribution in [0.5, 0.6) is 0 Å². The first-order valence-corrected chi connectivity index (χ1v) is 11.7.